The summed E-state index contributed by atoms with van der Waals surface area (Å²) in [5.74, 6) is -2.00. The Hall–Kier alpha value is -3.40. The molecule has 0 atom stereocenters. The maximum absolute atomic E-state index is 13.9. The van der Waals surface area contributed by atoms with Crippen molar-refractivity contribution in [2.24, 2.45) is 0 Å². The van der Waals surface area contributed by atoms with Crippen molar-refractivity contribution in [3.05, 3.63) is 70.6 Å². The molecule has 0 spiro atoms. The number of nitrogens with zero attached hydrogens (tertiary/aromatic N) is 6. The van der Waals surface area contributed by atoms with Gasteiger partial charge in [-0.3, -0.25) is 0 Å². The quantitative estimate of drug-likeness (QED) is 0.524. The molecule has 1 heterocycles. The van der Waals surface area contributed by atoms with Crippen molar-refractivity contribution in [3.8, 4) is 5.69 Å². The monoisotopic (exact) mass is 360 g/mol. The molecule has 3 aromatic rings. The number of rotatable bonds is 3. The Morgan fingerprint density at radius 3 is 2.15 bits per heavy atom. The molecule has 10 heteroatoms. The van der Waals surface area contributed by atoms with Crippen LogP contribution in [0.3, 0.4) is 0 Å². The Bertz CT molecular complexity index is 979. The van der Waals surface area contributed by atoms with Crippen LogP contribution in [0.2, 0.25) is 0 Å². The lowest BCUT2D eigenvalue weighted by Crippen LogP contribution is -2.48. The van der Waals surface area contributed by atoms with Gasteiger partial charge in [0.25, 0.3) is 0 Å². The van der Waals surface area contributed by atoms with Crippen LogP contribution in [0, 0.1) is 11.6 Å². The van der Waals surface area contributed by atoms with E-state index in [0.717, 1.165) is 23.2 Å². The molecule has 0 aliphatic heterocycles. The fourth-order valence-electron chi connectivity index (χ4n) is 2.37. The van der Waals surface area contributed by atoms with Gasteiger partial charge in [-0.15, -0.1) is 4.68 Å². The van der Waals surface area contributed by atoms with Crippen molar-refractivity contribution in [1.29, 1.82) is 0 Å². The number of hydrogen-bond donors (Lipinski definition) is 0. The molecule has 2 aromatic carbocycles. The third kappa shape index (κ3) is 2.97. The standard InChI is InChI=1S/C16H14F2N6O2/c1-21(2)24(11-7-4-3-5-8-11)16(26)23-15(25)22(19-20-23)14-12(17)9-6-10-13(14)18/h3-10H,1-2H3. The number of halogens is 2. The summed E-state index contributed by atoms with van der Waals surface area (Å²) < 4.78 is 28.6. The number of amides is 1. The fourth-order valence-corrected chi connectivity index (χ4v) is 2.37. The number of benzene rings is 2. The van der Waals surface area contributed by atoms with E-state index < -0.39 is 29.0 Å². The first-order valence-electron chi connectivity index (χ1n) is 7.48. The normalized spacial score (nSPS) is 11.0. The predicted molar refractivity (Wildman–Crippen MR) is 88.9 cm³/mol. The van der Waals surface area contributed by atoms with Crippen molar-refractivity contribution in [1.82, 2.24) is 24.8 Å². The molecule has 8 nitrogen and oxygen atoms in total. The number of hydrogen-bond acceptors (Lipinski definition) is 5. The lowest BCUT2D eigenvalue weighted by molar-refractivity contribution is 0.228. The van der Waals surface area contributed by atoms with Crippen LogP contribution in [-0.2, 0) is 0 Å². The van der Waals surface area contributed by atoms with E-state index in [-0.39, 0.29) is 0 Å². The van der Waals surface area contributed by atoms with E-state index in [1.807, 2.05) is 0 Å². The molecular formula is C16H14F2N6O2. The number of carbonyl (C=O) groups excluding carboxylic acids is 1. The molecule has 0 saturated carbocycles. The fraction of sp³-hybridized carbons (Fsp3) is 0.125. The van der Waals surface area contributed by atoms with Gasteiger partial charge >= 0.3 is 11.7 Å². The van der Waals surface area contributed by atoms with Gasteiger partial charge in [0.1, 0.15) is 5.69 Å². The smallest absolute Gasteiger partial charge is 0.244 e. The zero-order valence-electron chi connectivity index (χ0n) is 13.9. The molecule has 0 fully saturated rings. The lowest BCUT2D eigenvalue weighted by Gasteiger charge is -2.27. The summed E-state index contributed by atoms with van der Waals surface area (Å²) in [5.41, 5.74) is -1.32. The average Bonchev–Trinajstić information content (AvgIpc) is 2.97. The molecule has 0 unspecified atom stereocenters. The molecule has 1 amide bonds. The third-order valence-corrected chi connectivity index (χ3v) is 3.49. The summed E-state index contributed by atoms with van der Waals surface area (Å²) in [6, 6.07) is 10.8. The highest BCUT2D eigenvalue weighted by Gasteiger charge is 2.26. The van der Waals surface area contributed by atoms with Gasteiger partial charge in [-0.05, 0) is 34.7 Å². The SMILES string of the molecule is CN(C)N(C(=O)n1nnn(-c2c(F)cccc2F)c1=O)c1ccccc1. The van der Waals surface area contributed by atoms with E-state index in [1.165, 1.54) is 5.01 Å². The van der Waals surface area contributed by atoms with E-state index in [4.69, 9.17) is 0 Å². The number of anilines is 1. The maximum atomic E-state index is 13.9. The molecule has 0 radical (unpaired) electrons. The van der Waals surface area contributed by atoms with Crippen molar-refractivity contribution < 1.29 is 13.6 Å². The summed E-state index contributed by atoms with van der Waals surface area (Å²) in [4.78, 5) is 25.2. The van der Waals surface area contributed by atoms with Gasteiger partial charge < -0.3 is 0 Å². The number of para-hydroxylation sites is 2. The summed E-state index contributed by atoms with van der Waals surface area (Å²) >= 11 is 0. The number of hydrazine groups is 1. The number of tetrazole rings is 1. The number of aromatic nitrogens is 4. The summed E-state index contributed by atoms with van der Waals surface area (Å²) in [5, 5.41) is 9.51. The highest BCUT2D eigenvalue weighted by Crippen LogP contribution is 2.16. The van der Waals surface area contributed by atoms with Gasteiger partial charge in [-0.25, -0.2) is 28.4 Å². The van der Waals surface area contributed by atoms with Crippen LogP contribution < -0.4 is 10.7 Å². The van der Waals surface area contributed by atoms with Gasteiger partial charge in [-0.2, -0.15) is 4.68 Å². The van der Waals surface area contributed by atoms with E-state index in [0.29, 0.717) is 15.1 Å². The van der Waals surface area contributed by atoms with Crippen molar-refractivity contribution in [3.63, 3.8) is 0 Å². The second-order valence-corrected chi connectivity index (χ2v) is 5.43. The van der Waals surface area contributed by atoms with Gasteiger partial charge in [-0.1, -0.05) is 24.3 Å². The van der Waals surface area contributed by atoms with Crippen LogP contribution in [0.1, 0.15) is 0 Å². The van der Waals surface area contributed by atoms with Gasteiger partial charge in [0.15, 0.2) is 11.6 Å². The van der Waals surface area contributed by atoms with Gasteiger partial charge in [0, 0.05) is 14.1 Å². The number of carbonyl (C=O) groups is 1. The molecule has 3 rings (SSSR count). The average molecular weight is 360 g/mol. The van der Waals surface area contributed by atoms with Gasteiger partial charge in [0.2, 0.25) is 0 Å². The summed E-state index contributed by atoms with van der Waals surface area (Å²) in [6.07, 6.45) is 0. The predicted octanol–water partition coefficient (Wildman–Crippen LogP) is 1.66. The summed E-state index contributed by atoms with van der Waals surface area (Å²) in [7, 11) is 3.19. The second kappa shape index (κ2) is 6.84. The second-order valence-electron chi connectivity index (χ2n) is 5.43. The van der Waals surface area contributed by atoms with Crippen LogP contribution in [0.4, 0.5) is 19.3 Å². The molecule has 1 aromatic heterocycles. The van der Waals surface area contributed by atoms with Crippen LogP contribution >= 0.6 is 0 Å². The molecular weight excluding hydrogens is 346 g/mol. The maximum Gasteiger partial charge on any atom is 0.377 e. The van der Waals surface area contributed by atoms with Gasteiger partial charge in [0.05, 0.1) is 5.69 Å². The molecule has 0 aliphatic carbocycles. The van der Waals surface area contributed by atoms with Crippen molar-refractivity contribution in [2.75, 3.05) is 19.1 Å². The van der Waals surface area contributed by atoms with E-state index in [9.17, 15) is 18.4 Å². The van der Waals surface area contributed by atoms with Crippen molar-refractivity contribution >= 4 is 11.7 Å². The Kier molecular flexibility index (Phi) is 4.59. The van der Waals surface area contributed by atoms with E-state index in [2.05, 4.69) is 10.4 Å². The largest absolute Gasteiger partial charge is 0.377 e. The molecule has 0 N–H and O–H groups in total. The highest BCUT2D eigenvalue weighted by atomic mass is 19.1. The van der Waals surface area contributed by atoms with Crippen LogP contribution in [0.15, 0.2) is 53.3 Å². The summed E-state index contributed by atoms with van der Waals surface area (Å²) in [6.45, 7) is 0. The first-order chi connectivity index (χ1) is 12.4. The lowest BCUT2D eigenvalue weighted by atomic mass is 10.3. The van der Waals surface area contributed by atoms with E-state index in [1.54, 1.807) is 44.4 Å². The minimum absolute atomic E-state index is 0.404. The Balaban J connectivity index is 2.07. The van der Waals surface area contributed by atoms with Crippen LogP contribution in [-0.4, -0.2) is 44.9 Å². The topological polar surface area (TPSA) is 76.3 Å². The minimum Gasteiger partial charge on any atom is -0.244 e. The Morgan fingerprint density at radius 1 is 0.962 bits per heavy atom. The molecule has 134 valence electrons. The van der Waals surface area contributed by atoms with Crippen LogP contribution in [0.5, 0.6) is 0 Å². The molecule has 0 bridgehead atoms. The highest BCUT2D eigenvalue weighted by molar-refractivity contribution is 5.91. The Labute approximate surface area is 146 Å². The van der Waals surface area contributed by atoms with Crippen molar-refractivity contribution in [2.45, 2.75) is 0 Å². The molecule has 0 aliphatic rings. The third-order valence-electron chi connectivity index (χ3n) is 3.49. The minimum atomic E-state index is -1.10. The van der Waals surface area contributed by atoms with E-state index >= 15 is 0 Å². The molecule has 26 heavy (non-hydrogen) atoms. The Morgan fingerprint density at radius 2 is 1.58 bits per heavy atom. The first-order valence-corrected chi connectivity index (χ1v) is 7.48. The zero-order valence-corrected chi connectivity index (χ0v) is 13.9. The molecule has 0 saturated heterocycles. The zero-order chi connectivity index (χ0) is 18.8. The first kappa shape index (κ1) is 17.4. The van der Waals surface area contributed by atoms with Crippen LogP contribution in [0.25, 0.3) is 5.69 Å².